The van der Waals surface area contributed by atoms with Crippen molar-refractivity contribution >= 4 is 0 Å². The van der Waals surface area contributed by atoms with Gasteiger partial charge in [-0.25, -0.2) is 4.79 Å². The first-order valence-electron chi connectivity index (χ1n) is 9.10. The normalized spacial score (nSPS) is 26.1. The van der Waals surface area contributed by atoms with Crippen LogP contribution in [0.3, 0.4) is 0 Å². The molecule has 0 radical (unpaired) electrons. The van der Waals surface area contributed by atoms with Crippen molar-refractivity contribution in [3.63, 3.8) is 0 Å². The number of benzene rings is 1. The van der Waals surface area contributed by atoms with E-state index in [-0.39, 0.29) is 16.8 Å². The minimum Gasteiger partial charge on any atom is -0.299 e. The van der Waals surface area contributed by atoms with Crippen molar-refractivity contribution in [3.05, 3.63) is 68.5 Å². The summed E-state index contributed by atoms with van der Waals surface area (Å²) in [5.74, 6) is 0.673. The predicted molar refractivity (Wildman–Crippen MR) is 97.4 cm³/mol. The highest BCUT2D eigenvalue weighted by Gasteiger charge is 2.54. The Morgan fingerprint density at radius 3 is 2.56 bits per heavy atom. The zero-order chi connectivity index (χ0) is 17.6. The molecule has 1 aliphatic carbocycles. The molecule has 2 heterocycles. The fraction of sp³-hybridized carbons (Fsp3) is 0.500. The summed E-state index contributed by atoms with van der Waals surface area (Å²) in [6, 6.07) is 12.4. The van der Waals surface area contributed by atoms with Crippen LogP contribution in [-0.4, -0.2) is 20.6 Å². The molecule has 25 heavy (non-hydrogen) atoms. The Balaban J connectivity index is 1.72. The van der Waals surface area contributed by atoms with Gasteiger partial charge in [0.05, 0.1) is 5.54 Å². The van der Waals surface area contributed by atoms with Gasteiger partial charge < -0.3 is 0 Å². The zero-order valence-electron chi connectivity index (χ0n) is 14.9. The summed E-state index contributed by atoms with van der Waals surface area (Å²) < 4.78 is 2.77. The van der Waals surface area contributed by atoms with Gasteiger partial charge in [0, 0.05) is 38.9 Å². The lowest BCUT2D eigenvalue weighted by atomic mass is 9.61. The second-order valence-corrected chi connectivity index (χ2v) is 7.49. The van der Waals surface area contributed by atoms with Gasteiger partial charge in [0.15, 0.2) is 0 Å². The van der Waals surface area contributed by atoms with E-state index in [1.54, 1.807) is 17.7 Å². The third-order valence-corrected chi connectivity index (χ3v) is 6.29. The van der Waals surface area contributed by atoms with Crippen molar-refractivity contribution in [2.75, 3.05) is 6.54 Å². The Bertz CT molecular complexity index is 899. The summed E-state index contributed by atoms with van der Waals surface area (Å²) in [7, 11) is 3.28. The summed E-state index contributed by atoms with van der Waals surface area (Å²) in [4.78, 5) is 26.8. The van der Waals surface area contributed by atoms with Crippen molar-refractivity contribution in [1.29, 1.82) is 0 Å². The zero-order valence-corrected chi connectivity index (χ0v) is 14.9. The lowest BCUT2D eigenvalue weighted by Gasteiger charge is -2.62. The van der Waals surface area contributed by atoms with Crippen molar-refractivity contribution in [1.82, 2.24) is 14.0 Å². The van der Waals surface area contributed by atoms with Gasteiger partial charge in [-0.2, -0.15) is 0 Å². The molecule has 0 unspecified atom stereocenters. The predicted octanol–water partition coefficient (Wildman–Crippen LogP) is 1.99. The van der Waals surface area contributed by atoms with Crippen LogP contribution in [0.4, 0.5) is 0 Å². The molecule has 1 aromatic carbocycles. The molecule has 2 aliphatic rings. The molecule has 1 saturated heterocycles. The molecule has 0 N–H and O–H groups in total. The Kier molecular flexibility index (Phi) is 3.91. The van der Waals surface area contributed by atoms with Crippen LogP contribution in [0, 0.1) is 5.92 Å². The van der Waals surface area contributed by atoms with Crippen LogP contribution in [-0.2, 0) is 26.2 Å². The largest absolute Gasteiger partial charge is 0.330 e. The standard InChI is InChI=1S/C20H25N3O2/c1-21-17(12-18(24)22(2)19(21)25)14-23-13-16-10-6-7-11-20(16,23)15-8-4-3-5-9-15/h3-5,8-9,12,16H,6-7,10-11,13-14H2,1-2H3/t16-,20-/m0/s1. The molecule has 0 spiro atoms. The first-order chi connectivity index (χ1) is 12.0. The lowest BCUT2D eigenvalue weighted by Crippen LogP contribution is -2.65. The SMILES string of the molecule is Cn1c(CN2C[C@@H]3CCCC[C@]32c2ccccc2)cc(=O)n(C)c1=O. The maximum atomic E-state index is 12.2. The van der Waals surface area contributed by atoms with Crippen LogP contribution in [0.2, 0.25) is 0 Å². The van der Waals surface area contributed by atoms with E-state index in [0.717, 1.165) is 23.2 Å². The van der Waals surface area contributed by atoms with Crippen LogP contribution in [0.1, 0.15) is 36.9 Å². The Labute approximate surface area is 147 Å². The molecule has 2 fully saturated rings. The fourth-order valence-corrected chi connectivity index (χ4v) is 4.82. The second-order valence-electron chi connectivity index (χ2n) is 7.49. The number of fused-ring (bicyclic) bond motifs is 1. The van der Waals surface area contributed by atoms with E-state index in [1.807, 2.05) is 0 Å². The summed E-state index contributed by atoms with van der Waals surface area (Å²) in [6.45, 7) is 1.69. The topological polar surface area (TPSA) is 47.2 Å². The monoisotopic (exact) mass is 339 g/mol. The first-order valence-corrected chi connectivity index (χ1v) is 9.10. The Morgan fingerprint density at radius 1 is 1.08 bits per heavy atom. The molecule has 1 aromatic heterocycles. The van der Waals surface area contributed by atoms with Crippen LogP contribution < -0.4 is 11.2 Å². The minimum absolute atomic E-state index is 0.0661. The molecular formula is C20H25N3O2. The highest BCUT2D eigenvalue weighted by molar-refractivity contribution is 5.30. The lowest BCUT2D eigenvalue weighted by molar-refractivity contribution is -0.122. The molecule has 4 rings (SSSR count). The van der Waals surface area contributed by atoms with Gasteiger partial charge in [-0.05, 0) is 24.3 Å². The van der Waals surface area contributed by atoms with Gasteiger partial charge in [0.25, 0.3) is 5.56 Å². The van der Waals surface area contributed by atoms with Gasteiger partial charge in [0.2, 0.25) is 0 Å². The van der Waals surface area contributed by atoms with Crippen molar-refractivity contribution in [2.45, 2.75) is 37.8 Å². The number of likely N-dealkylation sites (tertiary alicyclic amines) is 1. The van der Waals surface area contributed by atoms with Crippen LogP contribution >= 0.6 is 0 Å². The summed E-state index contributed by atoms with van der Waals surface area (Å²) >= 11 is 0. The summed E-state index contributed by atoms with van der Waals surface area (Å²) in [6.07, 6.45) is 4.95. The Morgan fingerprint density at radius 2 is 1.84 bits per heavy atom. The summed E-state index contributed by atoms with van der Waals surface area (Å²) in [5.41, 5.74) is 1.76. The first kappa shape index (κ1) is 16.3. The van der Waals surface area contributed by atoms with E-state index in [2.05, 4.69) is 35.2 Å². The third-order valence-electron chi connectivity index (χ3n) is 6.29. The van der Waals surface area contributed by atoms with Gasteiger partial charge in [-0.3, -0.25) is 18.8 Å². The van der Waals surface area contributed by atoms with Crippen molar-refractivity contribution in [3.8, 4) is 0 Å². The van der Waals surface area contributed by atoms with Crippen LogP contribution in [0.15, 0.2) is 46.0 Å². The Hall–Kier alpha value is -2.14. The quantitative estimate of drug-likeness (QED) is 0.859. The van der Waals surface area contributed by atoms with E-state index in [0.29, 0.717) is 12.5 Å². The molecular weight excluding hydrogens is 314 g/mol. The van der Waals surface area contributed by atoms with Gasteiger partial charge in [-0.1, -0.05) is 43.2 Å². The van der Waals surface area contributed by atoms with E-state index in [9.17, 15) is 9.59 Å². The number of hydrogen-bond acceptors (Lipinski definition) is 3. The van der Waals surface area contributed by atoms with Gasteiger partial charge in [-0.15, -0.1) is 0 Å². The average Bonchev–Trinajstić information content (AvgIpc) is 2.62. The number of rotatable bonds is 3. The third kappa shape index (κ3) is 2.41. The number of hydrogen-bond donors (Lipinski definition) is 0. The van der Waals surface area contributed by atoms with E-state index < -0.39 is 0 Å². The molecule has 5 heteroatoms. The number of aromatic nitrogens is 2. The van der Waals surface area contributed by atoms with Gasteiger partial charge >= 0.3 is 5.69 Å². The van der Waals surface area contributed by atoms with E-state index in [4.69, 9.17) is 0 Å². The molecule has 2 aromatic rings. The van der Waals surface area contributed by atoms with Crippen LogP contribution in [0.25, 0.3) is 0 Å². The number of nitrogens with zero attached hydrogens (tertiary/aromatic N) is 3. The van der Waals surface area contributed by atoms with E-state index >= 15 is 0 Å². The molecule has 1 saturated carbocycles. The molecule has 1 aliphatic heterocycles. The smallest absolute Gasteiger partial charge is 0.299 e. The van der Waals surface area contributed by atoms with Crippen LogP contribution in [0.5, 0.6) is 0 Å². The highest BCUT2D eigenvalue weighted by Crippen LogP contribution is 2.54. The minimum atomic E-state index is -0.253. The van der Waals surface area contributed by atoms with E-state index in [1.165, 1.54) is 31.9 Å². The molecule has 5 nitrogen and oxygen atoms in total. The molecule has 0 bridgehead atoms. The average molecular weight is 339 g/mol. The molecule has 132 valence electrons. The highest BCUT2D eigenvalue weighted by atomic mass is 16.2. The van der Waals surface area contributed by atoms with Gasteiger partial charge in [0.1, 0.15) is 0 Å². The van der Waals surface area contributed by atoms with Crippen molar-refractivity contribution in [2.24, 2.45) is 20.0 Å². The maximum Gasteiger partial charge on any atom is 0.330 e. The maximum absolute atomic E-state index is 12.2. The van der Waals surface area contributed by atoms with Crippen molar-refractivity contribution < 1.29 is 0 Å². The fourth-order valence-electron chi connectivity index (χ4n) is 4.82. The molecule has 0 amide bonds. The molecule has 2 atom stereocenters. The summed E-state index contributed by atoms with van der Waals surface area (Å²) in [5, 5.41) is 0. The second kappa shape index (κ2) is 5.99.